The van der Waals surface area contributed by atoms with Crippen molar-refractivity contribution in [2.24, 2.45) is 0 Å². The van der Waals surface area contributed by atoms with Gasteiger partial charge in [0.1, 0.15) is 17.3 Å². The van der Waals surface area contributed by atoms with Crippen LogP contribution in [0.15, 0.2) is 65.6 Å². The molecular formula is C34H36FN5O4. The second-order valence-corrected chi connectivity index (χ2v) is 11.9. The molecule has 1 aliphatic heterocycles. The van der Waals surface area contributed by atoms with Gasteiger partial charge in [0.2, 0.25) is 0 Å². The number of H-pyrrole nitrogens is 1. The van der Waals surface area contributed by atoms with E-state index in [1.165, 1.54) is 18.3 Å². The number of halogens is 1. The number of aryl methyl sites for hydroxylation is 1. The number of nitrogens with zero attached hydrogens (tertiary/aromatic N) is 2. The van der Waals surface area contributed by atoms with Gasteiger partial charge in [-0.1, -0.05) is 32.9 Å². The number of rotatable bonds is 6. The predicted octanol–water partition coefficient (Wildman–Crippen LogP) is 5.96. The summed E-state index contributed by atoms with van der Waals surface area (Å²) in [5, 5.41) is 5.85. The molecule has 1 fully saturated rings. The van der Waals surface area contributed by atoms with Crippen LogP contribution in [0, 0.1) is 19.7 Å². The highest BCUT2D eigenvalue weighted by Gasteiger charge is 2.20. The van der Waals surface area contributed by atoms with E-state index in [-0.39, 0.29) is 28.5 Å². The first-order valence-corrected chi connectivity index (χ1v) is 14.5. The monoisotopic (exact) mass is 597 g/mol. The van der Waals surface area contributed by atoms with E-state index in [1.54, 1.807) is 49.1 Å². The molecule has 44 heavy (non-hydrogen) atoms. The van der Waals surface area contributed by atoms with Gasteiger partial charge < -0.3 is 25.3 Å². The summed E-state index contributed by atoms with van der Waals surface area (Å²) in [7, 11) is 0. The molecule has 9 nitrogen and oxygen atoms in total. The molecule has 0 saturated carbocycles. The Morgan fingerprint density at radius 3 is 2.25 bits per heavy atom. The summed E-state index contributed by atoms with van der Waals surface area (Å²) in [6.45, 7) is 11.9. The number of aromatic nitrogens is 2. The van der Waals surface area contributed by atoms with E-state index >= 15 is 0 Å². The first-order valence-electron chi connectivity index (χ1n) is 14.5. The molecule has 0 atom stereocenters. The van der Waals surface area contributed by atoms with Gasteiger partial charge in [-0.15, -0.1) is 0 Å². The van der Waals surface area contributed by atoms with Crippen LogP contribution in [0.1, 0.15) is 58.3 Å². The molecule has 2 aromatic heterocycles. The Kier molecular flexibility index (Phi) is 8.64. The number of hydrogen-bond donors (Lipinski definition) is 3. The van der Waals surface area contributed by atoms with Crippen molar-refractivity contribution in [3.63, 3.8) is 0 Å². The highest BCUT2D eigenvalue weighted by atomic mass is 19.1. The fourth-order valence-corrected chi connectivity index (χ4v) is 5.08. The number of hydrogen-bond acceptors (Lipinski definition) is 6. The van der Waals surface area contributed by atoms with E-state index < -0.39 is 5.82 Å². The third kappa shape index (κ3) is 6.70. The molecule has 1 aliphatic rings. The van der Waals surface area contributed by atoms with Crippen molar-refractivity contribution in [3.05, 3.63) is 105 Å². The standard InChI is InChI=1S/C34H36FN5O4/c1-20-26(16-25(35)17-28(20)39-31(41)22-6-9-24(10-7-22)34(3,4)5)27-18-29(32(42)37-21(27)2)38-30-11-8-23(19-36-30)33(43)40-12-14-44-15-13-40/h6-11,16-19H,12-15H2,1-5H3,(H,36,38)(H,37,42)(H,39,41). The zero-order chi connectivity index (χ0) is 31.6. The van der Waals surface area contributed by atoms with Gasteiger partial charge in [0, 0.05) is 41.8 Å². The Labute approximate surface area is 255 Å². The Bertz CT molecular complexity index is 1750. The van der Waals surface area contributed by atoms with E-state index in [9.17, 15) is 18.8 Å². The van der Waals surface area contributed by atoms with Crippen molar-refractivity contribution in [1.29, 1.82) is 0 Å². The predicted molar refractivity (Wildman–Crippen MR) is 169 cm³/mol. The van der Waals surface area contributed by atoms with Crippen molar-refractivity contribution < 1.29 is 18.7 Å². The summed E-state index contributed by atoms with van der Waals surface area (Å²) >= 11 is 0. The van der Waals surface area contributed by atoms with Crippen LogP contribution in [-0.4, -0.2) is 53.0 Å². The van der Waals surface area contributed by atoms with Crippen molar-refractivity contribution in [2.75, 3.05) is 36.9 Å². The Balaban J connectivity index is 1.39. The molecule has 0 unspecified atom stereocenters. The number of aromatic amines is 1. The van der Waals surface area contributed by atoms with Crippen LogP contribution in [0.5, 0.6) is 0 Å². The smallest absolute Gasteiger partial charge is 0.271 e. The second kappa shape index (κ2) is 12.4. The van der Waals surface area contributed by atoms with Crippen LogP contribution in [0.25, 0.3) is 11.1 Å². The van der Waals surface area contributed by atoms with Crippen LogP contribution in [0.3, 0.4) is 0 Å². The summed E-state index contributed by atoms with van der Waals surface area (Å²) in [6, 6.07) is 14.9. The maximum Gasteiger partial charge on any atom is 0.271 e. The van der Waals surface area contributed by atoms with Crippen molar-refractivity contribution in [3.8, 4) is 11.1 Å². The maximum atomic E-state index is 14.9. The normalized spacial score (nSPS) is 13.5. The lowest BCUT2D eigenvalue weighted by Gasteiger charge is -2.26. The third-order valence-corrected chi connectivity index (χ3v) is 7.73. The molecule has 1 saturated heterocycles. The lowest BCUT2D eigenvalue weighted by atomic mass is 9.86. The highest BCUT2D eigenvalue weighted by Crippen LogP contribution is 2.33. The summed E-state index contributed by atoms with van der Waals surface area (Å²) in [4.78, 5) is 47.6. The Morgan fingerprint density at radius 1 is 0.932 bits per heavy atom. The molecule has 228 valence electrons. The number of nitrogens with one attached hydrogen (secondary N) is 3. The molecule has 0 radical (unpaired) electrons. The minimum Gasteiger partial charge on any atom is -0.378 e. The zero-order valence-corrected chi connectivity index (χ0v) is 25.5. The van der Waals surface area contributed by atoms with Gasteiger partial charge >= 0.3 is 0 Å². The van der Waals surface area contributed by atoms with Gasteiger partial charge in [-0.25, -0.2) is 9.37 Å². The molecule has 5 rings (SSSR count). The van der Waals surface area contributed by atoms with Gasteiger partial charge in [0.05, 0.1) is 18.8 Å². The fourth-order valence-electron chi connectivity index (χ4n) is 5.08. The minimum atomic E-state index is -0.536. The van der Waals surface area contributed by atoms with Crippen LogP contribution >= 0.6 is 0 Å². The lowest BCUT2D eigenvalue weighted by molar-refractivity contribution is 0.0302. The number of ether oxygens (including phenoxy) is 1. The van der Waals surface area contributed by atoms with Gasteiger partial charge in [-0.2, -0.15) is 0 Å². The third-order valence-electron chi connectivity index (χ3n) is 7.73. The number of amides is 2. The topological polar surface area (TPSA) is 116 Å². The molecule has 2 aromatic carbocycles. The minimum absolute atomic E-state index is 0.0487. The first-order chi connectivity index (χ1) is 20.9. The van der Waals surface area contributed by atoms with Crippen LogP contribution in [0.2, 0.25) is 0 Å². The quantitative estimate of drug-likeness (QED) is 0.253. The Morgan fingerprint density at radius 2 is 1.61 bits per heavy atom. The first kappa shape index (κ1) is 30.6. The fraction of sp³-hybridized carbons (Fsp3) is 0.294. The number of morpholine rings is 1. The summed E-state index contributed by atoms with van der Waals surface area (Å²) < 4.78 is 20.2. The number of benzene rings is 2. The van der Waals surface area contributed by atoms with Gasteiger partial charge in [0.15, 0.2) is 0 Å². The Hall–Kier alpha value is -4.83. The van der Waals surface area contributed by atoms with E-state index in [4.69, 9.17) is 4.74 Å². The molecule has 0 bridgehead atoms. The molecule has 10 heteroatoms. The maximum absolute atomic E-state index is 14.9. The molecule has 0 spiro atoms. The average Bonchev–Trinajstić information content (AvgIpc) is 3.00. The molecule has 3 N–H and O–H groups in total. The molecule has 4 aromatic rings. The number of carbonyl (C=O) groups is 2. The second-order valence-electron chi connectivity index (χ2n) is 11.9. The molecule has 0 aliphatic carbocycles. The molecule has 2 amide bonds. The van der Waals surface area contributed by atoms with Gasteiger partial charge in [0.25, 0.3) is 17.4 Å². The van der Waals surface area contributed by atoms with E-state index in [2.05, 4.69) is 41.4 Å². The molecule has 3 heterocycles. The number of carbonyl (C=O) groups excluding carboxylic acids is 2. The van der Waals surface area contributed by atoms with Crippen molar-refractivity contribution in [2.45, 2.75) is 40.0 Å². The van der Waals surface area contributed by atoms with E-state index in [0.717, 1.165) is 5.56 Å². The van der Waals surface area contributed by atoms with Gasteiger partial charge in [-0.05, 0) is 78.4 Å². The largest absolute Gasteiger partial charge is 0.378 e. The summed E-state index contributed by atoms with van der Waals surface area (Å²) in [5.74, 6) is -0.655. The average molecular weight is 598 g/mol. The SMILES string of the molecule is Cc1[nH]c(=O)c(Nc2ccc(C(=O)N3CCOCC3)cn2)cc1-c1cc(F)cc(NC(=O)c2ccc(C(C)(C)C)cc2)c1C. The highest BCUT2D eigenvalue weighted by molar-refractivity contribution is 6.05. The van der Waals surface area contributed by atoms with Crippen molar-refractivity contribution in [1.82, 2.24) is 14.9 Å². The zero-order valence-electron chi connectivity index (χ0n) is 25.5. The lowest BCUT2D eigenvalue weighted by Crippen LogP contribution is -2.40. The summed E-state index contributed by atoms with van der Waals surface area (Å²) in [6.07, 6.45) is 1.46. The van der Waals surface area contributed by atoms with Crippen LogP contribution in [-0.2, 0) is 10.2 Å². The number of anilines is 3. The van der Waals surface area contributed by atoms with E-state index in [0.29, 0.717) is 71.3 Å². The number of pyridine rings is 2. The molecular weight excluding hydrogens is 561 g/mol. The van der Waals surface area contributed by atoms with Gasteiger partial charge in [-0.3, -0.25) is 14.4 Å². The van der Waals surface area contributed by atoms with Crippen molar-refractivity contribution >= 4 is 29.0 Å². The van der Waals surface area contributed by atoms with Crippen LogP contribution < -0.4 is 16.2 Å². The van der Waals surface area contributed by atoms with Crippen LogP contribution in [0.4, 0.5) is 21.6 Å². The van der Waals surface area contributed by atoms with E-state index in [1.807, 2.05) is 12.1 Å². The summed E-state index contributed by atoms with van der Waals surface area (Å²) in [5.41, 5.74) is 4.34.